The van der Waals surface area contributed by atoms with Crippen LogP contribution >= 0.6 is 27.5 Å². The first-order chi connectivity index (χ1) is 9.97. The summed E-state index contributed by atoms with van der Waals surface area (Å²) in [6.45, 7) is 1.37. The predicted octanol–water partition coefficient (Wildman–Crippen LogP) is 3.80. The van der Waals surface area contributed by atoms with Gasteiger partial charge in [-0.3, -0.25) is 4.79 Å². The van der Waals surface area contributed by atoms with Crippen molar-refractivity contribution < 1.29 is 18.7 Å². The van der Waals surface area contributed by atoms with E-state index >= 15 is 0 Å². The summed E-state index contributed by atoms with van der Waals surface area (Å²) in [7, 11) is 0. The topological polar surface area (TPSA) is 68.5 Å². The van der Waals surface area contributed by atoms with Gasteiger partial charge in [-0.2, -0.15) is 0 Å². The Bertz CT molecular complexity index is 683. The molecule has 0 saturated carbocycles. The van der Waals surface area contributed by atoms with E-state index in [1.165, 1.54) is 6.07 Å². The minimum atomic E-state index is -0.710. The largest absolute Gasteiger partial charge is 0.450 e. The van der Waals surface area contributed by atoms with Crippen LogP contribution in [-0.4, -0.2) is 18.5 Å². The van der Waals surface area contributed by atoms with Gasteiger partial charge in [0, 0.05) is 10.7 Å². The molecule has 21 heavy (non-hydrogen) atoms. The van der Waals surface area contributed by atoms with E-state index in [4.69, 9.17) is 20.8 Å². The molecule has 0 aliphatic heterocycles. The first-order valence-electron chi connectivity index (χ1n) is 5.95. The molecule has 0 aliphatic carbocycles. The smallest absolute Gasteiger partial charge is 0.374 e. The molecule has 1 heterocycles. The van der Waals surface area contributed by atoms with Gasteiger partial charge in [-0.25, -0.2) is 4.79 Å². The minimum Gasteiger partial charge on any atom is -0.450 e. The number of carbonyl (C=O) groups is 2. The van der Waals surface area contributed by atoms with E-state index < -0.39 is 18.5 Å². The van der Waals surface area contributed by atoms with Crippen LogP contribution in [0.15, 0.2) is 39.4 Å². The SMILES string of the molecule is Cc1c(Cl)cccc1NC(=O)COC(=O)c1ccc(Br)o1. The third-order valence-electron chi connectivity index (χ3n) is 2.65. The van der Waals surface area contributed by atoms with Gasteiger partial charge in [0.25, 0.3) is 5.91 Å². The highest BCUT2D eigenvalue weighted by molar-refractivity contribution is 9.10. The maximum atomic E-state index is 11.7. The second-order valence-electron chi connectivity index (χ2n) is 4.14. The fourth-order valence-corrected chi connectivity index (χ4v) is 2.04. The Labute approximate surface area is 134 Å². The second kappa shape index (κ2) is 6.78. The number of benzene rings is 1. The van der Waals surface area contributed by atoms with Crippen molar-refractivity contribution in [3.8, 4) is 0 Å². The fourth-order valence-electron chi connectivity index (χ4n) is 1.56. The van der Waals surface area contributed by atoms with Crippen LogP contribution in [0, 0.1) is 6.92 Å². The molecule has 2 rings (SSSR count). The molecule has 1 aromatic carbocycles. The van der Waals surface area contributed by atoms with E-state index in [1.54, 1.807) is 31.2 Å². The van der Waals surface area contributed by atoms with E-state index in [0.717, 1.165) is 5.56 Å². The van der Waals surface area contributed by atoms with Gasteiger partial charge in [0.1, 0.15) is 0 Å². The molecule has 1 amide bonds. The van der Waals surface area contributed by atoms with Crippen molar-refractivity contribution in [2.24, 2.45) is 0 Å². The molecular formula is C14H11BrClNO4. The van der Waals surface area contributed by atoms with Gasteiger partial charge in [0.2, 0.25) is 5.76 Å². The number of nitrogens with one attached hydrogen (secondary N) is 1. The zero-order valence-electron chi connectivity index (χ0n) is 11.0. The molecule has 0 aliphatic rings. The summed E-state index contributed by atoms with van der Waals surface area (Å²) in [6.07, 6.45) is 0. The van der Waals surface area contributed by atoms with Crippen molar-refractivity contribution in [2.75, 3.05) is 11.9 Å². The van der Waals surface area contributed by atoms with Crippen LogP contribution in [-0.2, 0) is 9.53 Å². The Morgan fingerprint density at radius 2 is 2.10 bits per heavy atom. The molecule has 5 nitrogen and oxygen atoms in total. The Morgan fingerprint density at radius 1 is 1.33 bits per heavy atom. The summed E-state index contributed by atoms with van der Waals surface area (Å²) in [5.74, 6) is -1.15. The van der Waals surface area contributed by atoms with E-state index in [9.17, 15) is 9.59 Å². The molecule has 0 unspecified atom stereocenters. The van der Waals surface area contributed by atoms with Gasteiger partial charge in [0.15, 0.2) is 11.3 Å². The lowest BCUT2D eigenvalue weighted by Gasteiger charge is -2.09. The molecule has 0 fully saturated rings. The molecule has 0 spiro atoms. The van der Waals surface area contributed by atoms with Gasteiger partial charge < -0.3 is 14.5 Å². The summed E-state index contributed by atoms with van der Waals surface area (Å²) < 4.78 is 10.3. The highest BCUT2D eigenvalue weighted by Gasteiger charge is 2.14. The molecule has 1 aromatic heterocycles. The first-order valence-corrected chi connectivity index (χ1v) is 7.12. The van der Waals surface area contributed by atoms with Crippen molar-refractivity contribution in [1.82, 2.24) is 0 Å². The standard InChI is InChI=1S/C14H11BrClNO4/c1-8-9(16)3-2-4-10(8)17-13(18)7-20-14(19)11-5-6-12(15)21-11/h2-6H,7H2,1H3,(H,17,18). The number of amides is 1. The molecular weight excluding hydrogens is 362 g/mol. The number of halogens is 2. The highest BCUT2D eigenvalue weighted by Crippen LogP contribution is 2.22. The lowest BCUT2D eigenvalue weighted by atomic mass is 10.2. The van der Waals surface area contributed by atoms with Gasteiger partial charge in [0.05, 0.1) is 0 Å². The lowest BCUT2D eigenvalue weighted by Crippen LogP contribution is -2.21. The van der Waals surface area contributed by atoms with E-state index in [0.29, 0.717) is 15.4 Å². The fraction of sp³-hybridized carbons (Fsp3) is 0.143. The predicted molar refractivity (Wildman–Crippen MR) is 81.5 cm³/mol. The number of hydrogen-bond acceptors (Lipinski definition) is 4. The summed E-state index contributed by atoms with van der Waals surface area (Å²) in [5, 5.41) is 3.17. The van der Waals surface area contributed by atoms with E-state index in [-0.39, 0.29) is 5.76 Å². The molecule has 7 heteroatoms. The van der Waals surface area contributed by atoms with Gasteiger partial charge in [-0.1, -0.05) is 17.7 Å². The maximum absolute atomic E-state index is 11.7. The summed E-state index contributed by atoms with van der Waals surface area (Å²) in [6, 6.07) is 8.17. The Hall–Kier alpha value is -1.79. The van der Waals surface area contributed by atoms with Crippen LogP contribution in [0.5, 0.6) is 0 Å². The van der Waals surface area contributed by atoms with Gasteiger partial charge >= 0.3 is 5.97 Å². The third kappa shape index (κ3) is 4.09. The van der Waals surface area contributed by atoms with Crippen molar-refractivity contribution in [1.29, 1.82) is 0 Å². The number of esters is 1. The number of ether oxygens (including phenoxy) is 1. The number of rotatable bonds is 4. The van der Waals surface area contributed by atoms with Crippen molar-refractivity contribution >= 4 is 45.1 Å². The summed E-state index contributed by atoms with van der Waals surface area (Å²) in [5.41, 5.74) is 1.32. The normalized spacial score (nSPS) is 10.2. The van der Waals surface area contributed by atoms with Crippen LogP contribution in [0.25, 0.3) is 0 Å². The Morgan fingerprint density at radius 3 is 2.76 bits per heavy atom. The van der Waals surface area contributed by atoms with Crippen LogP contribution < -0.4 is 5.32 Å². The number of furan rings is 1. The average molecular weight is 373 g/mol. The van der Waals surface area contributed by atoms with Crippen molar-refractivity contribution in [3.63, 3.8) is 0 Å². The monoisotopic (exact) mass is 371 g/mol. The van der Waals surface area contributed by atoms with Crippen LogP contribution in [0.1, 0.15) is 16.1 Å². The molecule has 2 aromatic rings. The molecule has 0 bridgehead atoms. The number of anilines is 1. The van der Waals surface area contributed by atoms with Gasteiger partial charge in [-0.05, 0) is 52.7 Å². The van der Waals surface area contributed by atoms with Crippen molar-refractivity contribution in [3.05, 3.63) is 51.3 Å². The summed E-state index contributed by atoms with van der Waals surface area (Å²) >= 11 is 9.03. The maximum Gasteiger partial charge on any atom is 0.374 e. The second-order valence-corrected chi connectivity index (χ2v) is 5.33. The van der Waals surface area contributed by atoms with Crippen LogP contribution in [0.3, 0.4) is 0 Å². The van der Waals surface area contributed by atoms with E-state index in [2.05, 4.69) is 21.2 Å². The Balaban J connectivity index is 1.90. The van der Waals surface area contributed by atoms with Crippen LogP contribution in [0.4, 0.5) is 5.69 Å². The highest BCUT2D eigenvalue weighted by atomic mass is 79.9. The molecule has 0 radical (unpaired) electrons. The molecule has 110 valence electrons. The first kappa shape index (κ1) is 15.6. The Kier molecular flexibility index (Phi) is 5.03. The lowest BCUT2D eigenvalue weighted by molar-refractivity contribution is -0.119. The minimum absolute atomic E-state index is 0.0219. The molecule has 0 saturated heterocycles. The zero-order valence-corrected chi connectivity index (χ0v) is 13.3. The van der Waals surface area contributed by atoms with Crippen LogP contribution in [0.2, 0.25) is 5.02 Å². The quantitative estimate of drug-likeness (QED) is 0.829. The molecule has 1 N–H and O–H groups in total. The number of hydrogen-bond donors (Lipinski definition) is 1. The van der Waals surface area contributed by atoms with Crippen molar-refractivity contribution in [2.45, 2.75) is 6.92 Å². The van der Waals surface area contributed by atoms with Gasteiger partial charge in [-0.15, -0.1) is 0 Å². The summed E-state index contributed by atoms with van der Waals surface area (Å²) in [4.78, 5) is 23.3. The average Bonchev–Trinajstić information content (AvgIpc) is 2.88. The number of carbonyl (C=O) groups excluding carboxylic acids is 2. The zero-order chi connectivity index (χ0) is 15.4. The third-order valence-corrected chi connectivity index (χ3v) is 3.49. The molecule has 0 atom stereocenters. The van der Waals surface area contributed by atoms with E-state index in [1.807, 2.05) is 0 Å².